The van der Waals surface area contributed by atoms with Gasteiger partial charge in [-0.05, 0) is 30.9 Å². The summed E-state index contributed by atoms with van der Waals surface area (Å²) in [5.74, 6) is -0.277. The minimum absolute atomic E-state index is 0.155. The maximum absolute atomic E-state index is 12.0. The van der Waals surface area contributed by atoms with Crippen molar-refractivity contribution in [3.8, 4) is 0 Å². The zero-order chi connectivity index (χ0) is 14.6. The first-order valence-electron chi connectivity index (χ1n) is 6.62. The fourth-order valence-electron chi connectivity index (χ4n) is 1.89. The van der Waals surface area contributed by atoms with Crippen LogP contribution in [0.5, 0.6) is 0 Å². The van der Waals surface area contributed by atoms with Gasteiger partial charge in [-0.25, -0.2) is 0 Å². The van der Waals surface area contributed by atoms with Crippen molar-refractivity contribution in [2.24, 2.45) is 0 Å². The van der Waals surface area contributed by atoms with E-state index in [0.717, 1.165) is 23.4 Å². The number of carbonyl (C=O) groups is 1. The first-order valence-corrected chi connectivity index (χ1v) is 7.49. The molecule has 108 valence electrons. The molecule has 6 heteroatoms. The molecule has 2 heterocycles. The molecule has 3 N–H and O–H groups in total. The number of nitrogens with zero attached hydrogens (tertiary/aromatic N) is 1. The molecule has 0 aromatic carbocycles. The van der Waals surface area contributed by atoms with E-state index >= 15 is 0 Å². The molecule has 2 aromatic rings. The number of hydrogen-bond acceptors (Lipinski definition) is 4. The maximum Gasteiger partial charge on any atom is 0.271 e. The summed E-state index contributed by atoms with van der Waals surface area (Å²) in [5.41, 5.74) is 0.241. The third-order valence-electron chi connectivity index (χ3n) is 3.03. The van der Waals surface area contributed by atoms with Crippen molar-refractivity contribution in [1.29, 1.82) is 0 Å². The molecule has 0 bridgehead atoms. The van der Waals surface area contributed by atoms with Crippen molar-refractivity contribution in [3.63, 3.8) is 0 Å². The molecule has 2 aromatic heterocycles. The highest BCUT2D eigenvalue weighted by molar-refractivity contribution is 7.10. The third kappa shape index (κ3) is 3.46. The van der Waals surface area contributed by atoms with Crippen LogP contribution in [0, 0.1) is 0 Å². The summed E-state index contributed by atoms with van der Waals surface area (Å²) in [7, 11) is 0. The molecule has 0 saturated carbocycles. The van der Waals surface area contributed by atoms with Crippen molar-refractivity contribution in [2.75, 3.05) is 6.54 Å². The molecule has 0 saturated heterocycles. The summed E-state index contributed by atoms with van der Waals surface area (Å²) >= 11 is 1.46. The van der Waals surface area contributed by atoms with Crippen LogP contribution in [0.3, 0.4) is 0 Å². The van der Waals surface area contributed by atoms with Gasteiger partial charge < -0.3 is 10.4 Å². The second-order valence-electron chi connectivity index (χ2n) is 4.96. The Kier molecular flexibility index (Phi) is 4.57. The van der Waals surface area contributed by atoms with Crippen LogP contribution >= 0.6 is 11.3 Å². The Balaban J connectivity index is 1.94. The summed E-state index contributed by atoms with van der Waals surface area (Å²) in [4.78, 5) is 12.8. The second-order valence-corrected chi connectivity index (χ2v) is 5.91. The van der Waals surface area contributed by atoms with Gasteiger partial charge in [0, 0.05) is 10.6 Å². The Labute approximate surface area is 122 Å². The third-order valence-corrected chi connectivity index (χ3v) is 4.15. The lowest BCUT2D eigenvalue weighted by atomic mass is 10.1. The molecular weight excluding hydrogens is 274 g/mol. The summed E-state index contributed by atoms with van der Waals surface area (Å²) in [6.45, 7) is 3.91. The monoisotopic (exact) mass is 293 g/mol. The number of rotatable bonds is 6. The number of aryl methyl sites for hydroxylation is 1. The molecule has 5 nitrogen and oxygen atoms in total. The Morgan fingerprint density at radius 1 is 1.60 bits per heavy atom. The zero-order valence-corrected chi connectivity index (χ0v) is 12.5. The number of hydrogen-bond donors (Lipinski definition) is 3. The standard InChI is InChI=1S/C14H19N3O2S/c1-3-5-10-8-11(17-16-10)13(18)15-9-14(2,19)12-6-4-7-20-12/h4,6-8,19H,3,5,9H2,1-2H3,(H,15,18)(H,16,17)/t14-/m1/s1. The summed E-state index contributed by atoms with van der Waals surface area (Å²) < 4.78 is 0. The van der Waals surface area contributed by atoms with E-state index in [9.17, 15) is 9.90 Å². The van der Waals surface area contributed by atoms with Gasteiger partial charge in [0.05, 0.1) is 6.54 Å². The van der Waals surface area contributed by atoms with Gasteiger partial charge in [0.25, 0.3) is 5.91 Å². The summed E-state index contributed by atoms with van der Waals surface area (Å²) in [5, 5.41) is 21.8. The van der Waals surface area contributed by atoms with E-state index in [2.05, 4.69) is 22.4 Å². The topological polar surface area (TPSA) is 78.0 Å². The molecule has 1 amide bonds. The van der Waals surface area contributed by atoms with Gasteiger partial charge >= 0.3 is 0 Å². The Hall–Kier alpha value is -1.66. The highest BCUT2D eigenvalue weighted by Crippen LogP contribution is 2.24. The van der Waals surface area contributed by atoms with Crippen LogP contribution in [0.25, 0.3) is 0 Å². The molecule has 0 fully saturated rings. The van der Waals surface area contributed by atoms with Crippen LogP contribution < -0.4 is 5.32 Å². The van der Waals surface area contributed by atoms with Gasteiger partial charge in [0.15, 0.2) is 0 Å². The number of aromatic nitrogens is 2. The van der Waals surface area contributed by atoms with Crippen molar-refractivity contribution < 1.29 is 9.90 Å². The van der Waals surface area contributed by atoms with Crippen LogP contribution in [-0.2, 0) is 12.0 Å². The van der Waals surface area contributed by atoms with E-state index < -0.39 is 5.60 Å². The van der Waals surface area contributed by atoms with E-state index in [1.807, 2.05) is 17.5 Å². The van der Waals surface area contributed by atoms with Crippen molar-refractivity contribution in [2.45, 2.75) is 32.3 Å². The molecule has 2 rings (SSSR count). The number of amides is 1. The number of thiophene rings is 1. The number of aliphatic hydroxyl groups is 1. The molecule has 20 heavy (non-hydrogen) atoms. The first-order chi connectivity index (χ1) is 9.53. The van der Waals surface area contributed by atoms with Gasteiger partial charge in [0.1, 0.15) is 11.3 Å². The normalized spacial score (nSPS) is 13.9. The molecule has 1 atom stereocenters. The van der Waals surface area contributed by atoms with Crippen molar-refractivity contribution >= 4 is 17.2 Å². The van der Waals surface area contributed by atoms with Crippen LogP contribution in [-0.4, -0.2) is 27.8 Å². The van der Waals surface area contributed by atoms with Gasteiger partial charge in [-0.15, -0.1) is 11.3 Å². The fraction of sp³-hybridized carbons (Fsp3) is 0.429. The summed E-state index contributed by atoms with van der Waals surface area (Å²) in [6.07, 6.45) is 1.86. The van der Waals surface area contributed by atoms with E-state index in [4.69, 9.17) is 0 Å². The van der Waals surface area contributed by atoms with Gasteiger partial charge in [-0.2, -0.15) is 5.10 Å². The maximum atomic E-state index is 12.0. The Bertz CT molecular complexity index is 561. The average Bonchev–Trinajstić information content (AvgIpc) is 3.07. The lowest BCUT2D eigenvalue weighted by Crippen LogP contribution is -2.38. The van der Waals surface area contributed by atoms with E-state index in [1.54, 1.807) is 13.0 Å². The molecule has 0 unspecified atom stereocenters. The van der Waals surface area contributed by atoms with E-state index in [1.165, 1.54) is 11.3 Å². The first kappa shape index (κ1) is 14.7. The van der Waals surface area contributed by atoms with Crippen molar-refractivity contribution in [1.82, 2.24) is 15.5 Å². The second kappa shape index (κ2) is 6.19. The number of aromatic amines is 1. The molecule has 0 aliphatic carbocycles. The quantitative estimate of drug-likeness (QED) is 0.763. The predicted octanol–water partition coefficient (Wildman–Crippen LogP) is 2.06. The highest BCUT2D eigenvalue weighted by atomic mass is 32.1. The van der Waals surface area contributed by atoms with Crippen LogP contribution in [0.4, 0.5) is 0 Å². The van der Waals surface area contributed by atoms with Crippen molar-refractivity contribution in [3.05, 3.63) is 39.8 Å². The zero-order valence-electron chi connectivity index (χ0n) is 11.6. The van der Waals surface area contributed by atoms with Gasteiger partial charge in [-0.3, -0.25) is 9.89 Å². The average molecular weight is 293 g/mol. The Morgan fingerprint density at radius 3 is 3.05 bits per heavy atom. The molecule has 0 spiro atoms. The van der Waals surface area contributed by atoms with Crippen LogP contribution in [0.1, 0.15) is 41.3 Å². The lowest BCUT2D eigenvalue weighted by molar-refractivity contribution is 0.0555. The smallest absolute Gasteiger partial charge is 0.271 e. The fourth-order valence-corrected chi connectivity index (χ4v) is 2.68. The highest BCUT2D eigenvalue weighted by Gasteiger charge is 2.25. The summed E-state index contributed by atoms with van der Waals surface area (Å²) in [6, 6.07) is 5.48. The Morgan fingerprint density at radius 2 is 2.40 bits per heavy atom. The van der Waals surface area contributed by atoms with E-state index in [0.29, 0.717) is 5.69 Å². The predicted molar refractivity (Wildman–Crippen MR) is 78.8 cm³/mol. The molecule has 0 aliphatic heterocycles. The lowest BCUT2D eigenvalue weighted by Gasteiger charge is -2.21. The molecular formula is C14H19N3O2S. The molecule has 0 aliphatic rings. The minimum atomic E-state index is -1.06. The molecule has 0 radical (unpaired) electrons. The van der Waals surface area contributed by atoms with Gasteiger partial charge in [-0.1, -0.05) is 19.4 Å². The SMILES string of the molecule is CCCc1cc(C(=O)NC[C@@](C)(O)c2cccs2)n[nH]1. The van der Waals surface area contributed by atoms with E-state index in [-0.39, 0.29) is 12.5 Å². The van der Waals surface area contributed by atoms with Crippen LogP contribution in [0.2, 0.25) is 0 Å². The number of H-pyrrole nitrogens is 1. The van der Waals surface area contributed by atoms with Gasteiger partial charge in [0.2, 0.25) is 0 Å². The minimum Gasteiger partial charge on any atom is -0.383 e. The number of carbonyl (C=O) groups excluding carboxylic acids is 1. The largest absolute Gasteiger partial charge is 0.383 e. The van der Waals surface area contributed by atoms with Crippen LogP contribution in [0.15, 0.2) is 23.6 Å². The number of nitrogens with one attached hydrogen (secondary N) is 2.